The van der Waals surface area contributed by atoms with E-state index in [0.29, 0.717) is 31.0 Å². The van der Waals surface area contributed by atoms with Crippen LogP contribution in [0.4, 0.5) is 0 Å². The minimum absolute atomic E-state index is 0.0374. The normalized spacial score (nSPS) is 9.89. The van der Waals surface area contributed by atoms with Crippen LogP contribution in [0.1, 0.15) is 18.4 Å². The fourth-order valence-electron chi connectivity index (χ4n) is 1.41. The minimum atomic E-state index is -0.0374. The van der Waals surface area contributed by atoms with E-state index in [4.69, 9.17) is 16.3 Å². The molecular formula is C14H18ClNO2. The zero-order valence-corrected chi connectivity index (χ0v) is 11.3. The molecule has 3 nitrogen and oxygen atoms in total. The van der Waals surface area contributed by atoms with E-state index in [2.05, 4.69) is 11.9 Å². The first-order chi connectivity index (χ1) is 8.58. The summed E-state index contributed by atoms with van der Waals surface area (Å²) in [6.07, 6.45) is 1.10. The van der Waals surface area contributed by atoms with Crippen LogP contribution in [0, 0.1) is 6.92 Å². The lowest BCUT2D eigenvalue weighted by molar-refractivity contribution is -0.121. The van der Waals surface area contributed by atoms with Crippen molar-refractivity contribution in [1.82, 2.24) is 5.32 Å². The summed E-state index contributed by atoms with van der Waals surface area (Å²) >= 11 is 5.54. The molecule has 0 unspecified atom stereocenters. The average Bonchev–Trinajstić information content (AvgIpc) is 2.32. The van der Waals surface area contributed by atoms with Crippen molar-refractivity contribution in [2.45, 2.75) is 19.8 Å². The van der Waals surface area contributed by atoms with Crippen molar-refractivity contribution in [1.29, 1.82) is 0 Å². The maximum atomic E-state index is 11.3. The van der Waals surface area contributed by atoms with Crippen molar-refractivity contribution in [2.75, 3.05) is 13.2 Å². The van der Waals surface area contributed by atoms with Gasteiger partial charge in [0.2, 0.25) is 5.91 Å². The summed E-state index contributed by atoms with van der Waals surface area (Å²) in [5, 5.41) is 3.09. The van der Waals surface area contributed by atoms with Gasteiger partial charge in [-0.2, -0.15) is 0 Å². The van der Waals surface area contributed by atoms with Crippen LogP contribution in [0.15, 0.2) is 35.9 Å². The lowest BCUT2D eigenvalue weighted by Crippen LogP contribution is -2.24. The van der Waals surface area contributed by atoms with Crippen LogP contribution in [0.25, 0.3) is 0 Å². The molecule has 0 aliphatic carbocycles. The Kier molecular flexibility index (Phi) is 6.29. The number of carbonyl (C=O) groups is 1. The maximum absolute atomic E-state index is 11.3. The summed E-state index contributed by atoms with van der Waals surface area (Å²) in [5.41, 5.74) is 1.16. The van der Waals surface area contributed by atoms with Crippen LogP contribution in [-0.4, -0.2) is 19.1 Å². The Labute approximate surface area is 113 Å². The molecule has 0 bridgehead atoms. The molecule has 98 valence electrons. The third kappa shape index (κ3) is 6.30. The Morgan fingerprint density at radius 3 is 2.94 bits per heavy atom. The Hall–Kier alpha value is -1.48. The lowest BCUT2D eigenvalue weighted by atomic mass is 10.2. The third-order valence-corrected chi connectivity index (χ3v) is 2.42. The molecular weight excluding hydrogens is 250 g/mol. The minimum Gasteiger partial charge on any atom is -0.494 e. The highest BCUT2D eigenvalue weighted by Crippen LogP contribution is 2.12. The quantitative estimate of drug-likeness (QED) is 0.771. The van der Waals surface area contributed by atoms with Gasteiger partial charge in [-0.25, -0.2) is 0 Å². The van der Waals surface area contributed by atoms with Crippen molar-refractivity contribution in [3.8, 4) is 5.75 Å². The summed E-state index contributed by atoms with van der Waals surface area (Å²) in [4.78, 5) is 11.3. The van der Waals surface area contributed by atoms with Crippen molar-refractivity contribution in [3.63, 3.8) is 0 Å². The topological polar surface area (TPSA) is 38.3 Å². The van der Waals surface area contributed by atoms with Crippen LogP contribution in [0.5, 0.6) is 5.75 Å². The summed E-state index contributed by atoms with van der Waals surface area (Å²) in [5.74, 6) is 0.800. The van der Waals surface area contributed by atoms with Gasteiger partial charge in [0, 0.05) is 11.5 Å². The van der Waals surface area contributed by atoms with Gasteiger partial charge in [-0.3, -0.25) is 4.79 Å². The number of amides is 1. The van der Waals surface area contributed by atoms with Gasteiger partial charge in [-0.05, 0) is 31.0 Å². The van der Waals surface area contributed by atoms with Crippen LogP contribution in [0.2, 0.25) is 0 Å². The van der Waals surface area contributed by atoms with E-state index in [9.17, 15) is 4.79 Å². The molecule has 1 amide bonds. The largest absolute Gasteiger partial charge is 0.494 e. The predicted molar refractivity (Wildman–Crippen MR) is 73.9 cm³/mol. The van der Waals surface area contributed by atoms with E-state index in [0.717, 1.165) is 11.3 Å². The number of benzene rings is 1. The molecule has 1 aromatic rings. The van der Waals surface area contributed by atoms with Gasteiger partial charge in [-0.15, -0.1) is 0 Å². The van der Waals surface area contributed by atoms with Gasteiger partial charge in [-0.1, -0.05) is 30.3 Å². The first kappa shape index (κ1) is 14.6. The SMILES string of the molecule is C=C(Cl)CNC(=O)CCCOc1cccc(C)c1. The second kappa shape index (κ2) is 7.77. The Bertz CT molecular complexity index is 418. The number of halogens is 1. The first-order valence-corrected chi connectivity index (χ1v) is 6.25. The fraction of sp³-hybridized carbons (Fsp3) is 0.357. The van der Waals surface area contributed by atoms with Crippen LogP contribution < -0.4 is 10.1 Å². The molecule has 0 aliphatic heterocycles. The van der Waals surface area contributed by atoms with Crippen molar-refractivity contribution < 1.29 is 9.53 Å². The standard InChI is InChI=1S/C14H18ClNO2/c1-11-5-3-6-13(9-11)18-8-4-7-14(17)16-10-12(2)15/h3,5-6,9H,2,4,7-8,10H2,1H3,(H,16,17). The van der Waals surface area contributed by atoms with Crippen molar-refractivity contribution >= 4 is 17.5 Å². The number of nitrogens with one attached hydrogen (secondary N) is 1. The number of ether oxygens (including phenoxy) is 1. The smallest absolute Gasteiger partial charge is 0.220 e. The third-order valence-electron chi connectivity index (χ3n) is 2.28. The predicted octanol–water partition coefficient (Wildman–Crippen LogP) is 3.02. The number of aryl methyl sites for hydroxylation is 1. The van der Waals surface area contributed by atoms with Crippen molar-refractivity contribution in [2.24, 2.45) is 0 Å². The fourth-order valence-corrected chi connectivity index (χ4v) is 1.48. The van der Waals surface area contributed by atoms with E-state index in [1.807, 2.05) is 31.2 Å². The van der Waals surface area contributed by atoms with E-state index in [1.165, 1.54) is 0 Å². The zero-order valence-electron chi connectivity index (χ0n) is 10.5. The van der Waals surface area contributed by atoms with Gasteiger partial charge in [0.1, 0.15) is 5.75 Å². The lowest BCUT2D eigenvalue weighted by Gasteiger charge is -2.07. The molecule has 1 rings (SSSR count). The highest BCUT2D eigenvalue weighted by atomic mass is 35.5. The molecule has 0 aliphatic rings. The molecule has 0 saturated heterocycles. The number of carbonyl (C=O) groups excluding carboxylic acids is 1. The molecule has 0 spiro atoms. The van der Waals surface area contributed by atoms with E-state index < -0.39 is 0 Å². The average molecular weight is 268 g/mol. The molecule has 0 heterocycles. The summed E-state index contributed by atoms with van der Waals surface area (Å²) in [6.45, 7) is 6.36. The highest BCUT2D eigenvalue weighted by Gasteiger charge is 2.01. The number of hydrogen-bond acceptors (Lipinski definition) is 2. The monoisotopic (exact) mass is 267 g/mol. The molecule has 0 atom stereocenters. The van der Waals surface area contributed by atoms with E-state index in [1.54, 1.807) is 0 Å². The van der Waals surface area contributed by atoms with Gasteiger partial charge >= 0.3 is 0 Å². The van der Waals surface area contributed by atoms with Gasteiger partial charge in [0.25, 0.3) is 0 Å². The Morgan fingerprint density at radius 1 is 1.50 bits per heavy atom. The number of hydrogen-bond donors (Lipinski definition) is 1. The molecule has 0 aromatic heterocycles. The molecule has 0 radical (unpaired) electrons. The van der Waals surface area contributed by atoms with Gasteiger partial charge in [0.05, 0.1) is 13.2 Å². The summed E-state index contributed by atoms with van der Waals surface area (Å²) in [7, 11) is 0. The second-order valence-electron chi connectivity index (χ2n) is 4.06. The number of rotatable bonds is 7. The summed E-state index contributed by atoms with van der Waals surface area (Å²) in [6, 6.07) is 7.84. The molecule has 1 N–H and O–H groups in total. The molecule has 0 fully saturated rings. The maximum Gasteiger partial charge on any atom is 0.220 e. The van der Waals surface area contributed by atoms with Gasteiger partial charge in [0.15, 0.2) is 0 Å². The molecule has 4 heteroatoms. The highest BCUT2D eigenvalue weighted by molar-refractivity contribution is 6.29. The Morgan fingerprint density at radius 2 is 2.28 bits per heavy atom. The van der Waals surface area contributed by atoms with Crippen molar-refractivity contribution in [3.05, 3.63) is 41.4 Å². The molecule has 18 heavy (non-hydrogen) atoms. The van der Waals surface area contributed by atoms with Gasteiger partial charge < -0.3 is 10.1 Å². The second-order valence-corrected chi connectivity index (χ2v) is 4.60. The Balaban J connectivity index is 2.15. The summed E-state index contributed by atoms with van der Waals surface area (Å²) < 4.78 is 5.54. The first-order valence-electron chi connectivity index (χ1n) is 5.87. The van der Waals surface area contributed by atoms with Crippen LogP contribution in [0.3, 0.4) is 0 Å². The molecule has 1 aromatic carbocycles. The van der Waals surface area contributed by atoms with E-state index in [-0.39, 0.29) is 5.91 Å². The van der Waals surface area contributed by atoms with Crippen LogP contribution >= 0.6 is 11.6 Å². The zero-order chi connectivity index (χ0) is 13.4. The van der Waals surface area contributed by atoms with Crippen LogP contribution in [-0.2, 0) is 4.79 Å². The molecule has 0 saturated carbocycles. The van der Waals surface area contributed by atoms with E-state index >= 15 is 0 Å².